The summed E-state index contributed by atoms with van der Waals surface area (Å²) >= 11 is 1.93. The summed E-state index contributed by atoms with van der Waals surface area (Å²) in [6.07, 6.45) is 9.00. The van der Waals surface area contributed by atoms with Crippen molar-refractivity contribution < 1.29 is 4.74 Å². The third-order valence-electron chi connectivity index (χ3n) is 4.24. The number of fused-ring (bicyclic) bond motifs is 1. The first kappa shape index (κ1) is 15.0. The summed E-state index contributed by atoms with van der Waals surface area (Å²) in [4.78, 5) is 1.28. The van der Waals surface area contributed by atoms with Gasteiger partial charge in [0.15, 0.2) is 0 Å². The van der Waals surface area contributed by atoms with Gasteiger partial charge in [-0.25, -0.2) is 0 Å². The number of benzene rings is 1. The van der Waals surface area contributed by atoms with Crippen molar-refractivity contribution in [3.8, 4) is 5.75 Å². The third kappa shape index (κ3) is 3.64. The second-order valence-electron chi connectivity index (χ2n) is 5.87. The lowest BCUT2D eigenvalue weighted by molar-refractivity contribution is 0.178. The van der Waals surface area contributed by atoms with Gasteiger partial charge in [0, 0.05) is 10.6 Å². The van der Waals surface area contributed by atoms with E-state index in [0.29, 0.717) is 6.04 Å². The highest BCUT2D eigenvalue weighted by Gasteiger charge is 2.30. The molecule has 0 spiro atoms. The summed E-state index contributed by atoms with van der Waals surface area (Å²) in [6.45, 7) is 3.29. The Kier molecular flexibility index (Phi) is 5.26. The van der Waals surface area contributed by atoms with Crippen LogP contribution in [0.3, 0.4) is 0 Å². The minimum absolute atomic E-state index is 0.251. The number of allylic oxidation sites excluding steroid dienone is 1. The Balaban J connectivity index is 1.76. The highest BCUT2D eigenvalue weighted by atomic mass is 32.2. The number of rotatable bonds is 5. The van der Waals surface area contributed by atoms with Gasteiger partial charge in [0.25, 0.3) is 0 Å². The summed E-state index contributed by atoms with van der Waals surface area (Å²) in [6, 6.07) is 8.79. The predicted molar refractivity (Wildman–Crippen MR) is 90.2 cm³/mol. The van der Waals surface area contributed by atoms with E-state index in [4.69, 9.17) is 4.74 Å². The van der Waals surface area contributed by atoms with E-state index in [2.05, 4.69) is 42.6 Å². The zero-order valence-corrected chi connectivity index (χ0v) is 13.6. The number of thioether (sulfide) groups is 1. The van der Waals surface area contributed by atoms with E-state index >= 15 is 0 Å². The minimum atomic E-state index is 0.251. The monoisotopic (exact) mass is 303 g/mol. The molecule has 0 fully saturated rings. The van der Waals surface area contributed by atoms with Gasteiger partial charge in [0.1, 0.15) is 11.9 Å². The lowest BCUT2D eigenvalue weighted by atomic mass is 9.91. The second-order valence-corrected chi connectivity index (χ2v) is 6.93. The molecule has 1 aliphatic carbocycles. The van der Waals surface area contributed by atoms with Gasteiger partial charge in [0.05, 0.1) is 6.04 Å². The Morgan fingerprint density at radius 3 is 3.05 bits per heavy atom. The van der Waals surface area contributed by atoms with Gasteiger partial charge >= 0.3 is 0 Å². The standard InChI is InChI=1S/C18H25NOS/c1-2-12-19-18(14-8-4-3-5-9-14)16-13-21-17-11-7-6-10-15(17)20-16/h6-8,10-11,16,18-19H,2-5,9,12-13H2,1H3. The Morgan fingerprint density at radius 1 is 1.33 bits per heavy atom. The highest BCUT2D eigenvalue weighted by molar-refractivity contribution is 7.99. The van der Waals surface area contributed by atoms with Crippen LogP contribution >= 0.6 is 11.8 Å². The summed E-state index contributed by atoms with van der Waals surface area (Å²) < 4.78 is 6.32. The molecule has 3 heteroatoms. The number of ether oxygens (including phenoxy) is 1. The topological polar surface area (TPSA) is 21.3 Å². The molecule has 1 aromatic rings. The van der Waals surface area contributed by atoms with Crippen LogP contribution in [0.25, 0.3) is 0 Å². The van der Waals surface area contributed by atoms with Crippen LogP contribution in [0.1, 0.15) is 39.0 Å². The van der Waals surface area contributed by atoms with Gasteiger partial charge in [0.2, 0.25) is 0 Å². The van der Waals surface area contributed by atoms with Crippen LogP contribution in [0.4, 0.5) is 0 Å². The van der Waals surface area contributed by atoms with Crippen molar-refractivity contribution in [2.45, 2.75) is 56.1 Å². The van der Waals surface area contributed by atoms with Crippen LogP contribution in [0.2, 0.25) is 0 Å². The van der Waals surface area contributed by atoms with Gasteiger partial charge in [-0.15, -0.1) is 11.8 Å². The second kappa shape index (κ2) is 7.37. The zero-order chi connectivity index (χ0) is 14.5. The molecular weight excluding hydrogens is 278 g/mol. The van der Waals surface area contributed by atoms with Gasteiger partial charge < -0.3 is 10.1 Å². The van der Waals surface area contributed by atoms with Crippen LogP contribution in [-0.2, 0) is 0 Å². The summed E-state index contributed by atoms with van der Waals surface area (Å²) in [5.74, 6) is 2.09. The van der Waals surface area contributed by atoms with E-state index < -0.39 is 0 Å². The zero-order valence-electron chi connectivity index (χ0n) is 12.8. The van der Waals surface area contributed by atoms with Crippen LogP contribution in [0, 0.1) is 0 Å². The first-order chi connectivity index (χ1) is 10.4. The molecule has 1 aliphatic heterocycles. The maximum absolute atomic E-state index is 6.32. The largest absolute Gasteiger partial charge is 0.486 e. The molecule has 21 heavy (non-hydrogen) atoms. The summed E-state index contributed by atoms with van der Waals surface area (Å²) in [5.41, 5.74) is 1.57. The van der Waals surface area contributed by atoms with E-state index in [9.17, 15) is 0 Å². The molecule has 0 aromatic heterocycles. The minimum Gasteiger partial charge on any atom is -0.486 e. The molecule has 2 atom stereocenters. The molecule has 2 unspecified atom stereocenters. The molecule has 2 nitrogen and oxygen atoms in total. The molecular formula is C18H25NOS. The van der Waals surface area contributed by atoms with Crippen molar-refractivity contribution in [1.29, 1.82) is 0 Å². The smallest absolute Gasteiger partial charge is 0.133 e. The number of hydrogen-bond donors (Lipinski definition) is 1. The maximum atomic E-state index is 6.32. The van der Waals surface area contributed by atoms with E-state index in [1.165, 1.54) is 37.0 Å². The van der Waals surface area contributed by atoms with Crippen LogP contribution in [0.5, 0.6) is 5.75 Å². The molecule has 0 bridgehead atoms. The Bertz CT molecular complexity index is 500. The van der Waals surface area contributed by atoms with Gasteiger partial charge in [-0.3, -0.25) is 0 Å². The normalized spacial score (nSPS) is 22.9. The average molecular weight is 303 g/mol. The van der Waals surface area contributed by atoms with Crippen molar-refractivity contribution in [3.05, 3.63) is 35.9 Å². The molecule has 0 saturated heterocycles. The molecule has 1 aromatic carbocycles. The SMILES string of the molecule is CCCNC(C1=CCCCC1)C1CSc2ccccc2O1. The van der Waals surface area contributed by atoms with Crippen LogP contribution in [0.15, 0.2) is 40.8 Å². The Labute approximate surface area is 132 Å². The van der Waals surface area contributed by atoms with E-state index in [1.54, 1.807) is 5.57 Å². The molecule has 0 radical (unpaired) electrons. The first-order valence-electron chi connectivity index (χ1n) is 8.19. The molecule has 0 saturated carbocycles. The highest BCUT2D eigenvalue weighted by Crippen LogP contribution is 2.37. The molecule has 2 aliphatic rings. The van der Waals surface area contributed by atoms with E-state index in [1.807, 2.05) is 11.8 Å². The van der Waals surface area contributed by atoms with Crippen molar-refractivity contribution in [3.63, 3.8) is 0 Å². The van der Waals surface area contributed by atoms with Crippen molar-refractivity contribution in [1.82, 2.24) is 5.32 Å². The Morgan fingerprint density at radius 2 is 2.24 bits per heavy atom. The lowest BCUT2D eigenvalue weighted by Gasteiger charge is -2.35. The molecule has 114 valence electrons. The third-order valence-corrected chi connectivity index (χ3v) is 5.39. The van der Waals surface area contributed by atoms with Crippen molar-refractivity contribution in [2.24, 2.45) is 0 Å². The number of hydrogen-bond acceptors (Lipinski definition) is 3. The van der Waals surface area contributed by atoms with Gasteiger partial charge in [-0.05, 0) is 50.8 Å². The molecule has 1 N–H and O–H groups in total. The van der Waals surface area contributed by atoms with Crippen LogP contribution in [-0.4, -0.2) is 24.4 Å². The fourth-order valence-electron chi connectivity index (χ4n) is 3.15. The average Bonchev–Trinajstić information content (AvgIpc) is 2.56. The maximum Gasteiger partial charge on any atom is 0.133 e. The van der Waals surface area contributed by atoms with Crippen molar-refractivity contribution >= 4 is 11.8 Å². The van der Waals surface area contributed by atoms with E-state index in [0.717, 1.165) is 18.0 Å². The van der Waals surface area contributed by atoms with Crippen LogP contribution < -0.4 is 10.1 Å². The number of para-hydroxylation sites is 1. The Hall–Kier alpha value is -0.930. The van der Waals surface area contributed by atoms with E-state index in [-0.39, 0.29) is 6.10 Å². The molecule has 1 heterocycles. The van der Waals surface area contributed by atoms with Crippen molar-refractivity contribution in [2.75, 3.05) is 12.3 Å². The lowest BCUT2D eigenvalue weighted by Crippen LogP contribution is -2.47. The quantitative estimate of drug-likeness (QED) is 0.814. The predicted octanol–water partition coefficient (Wildman–Crippen LogP) is 4.41. The number of nitrogens with one attached hydrogen (secondary N) is 1. The molecule has 3 rings (SSSR count). The van der Waals surface area contributed by atoms with Gasteiger partial charge in [-0.2, -0.15) is 0 Å². The first-order valence-corrected chi connectivity index (χ1v) is 9.18. The summed E-state index contributed by atoms with van der Waals surface area (Å²) in [5, 5.41) is 3.73. The fraction of sp³-hybridized carbons (Fsp3) is 0.556. The molecule has 0 amide bonds. The summed E-state index contributed by atoms with van der Waals surface area (Å²) in [7, 11) is 0. The fourth-order valence-corrected chi connectivity index (χ4v) is 4.18. The van der Waals surface area contributed by atoms with Gasteiger partial charge in [-0.1, -0.05) is 30.7 Å².